The molecule has 0 saturated carbocycles. The molecule has 0 radical (unpaired) electrons. The third-order valence-electron chi connectivity index (χ3n) is 4.31. The lowest BCUT2D eigenvalue weighted by Gasteiger charge is -2.17. The molecule has 0 bridgehead atoms. The zero-order chi connectivity index (χ0) is 20.2. The highest BCUT2D eigenvalue weighted by atomic mass is 32.2. The molecule has 0 amide bonds. The van der Waals surface area contributed by atoms with Crippen LogP contribution in [0.1, 0.15) is 39.4 Å². The zero-order valence-corrected chi connectivity index (χ0v) is 17.8. The summed E-state index contributed by atoms with van der Waals surface area (Å²) in [6, 6.07) is 6.99. The van der Waals surface area contributed by atoms with Crippen molar-refractivity contribution < 1.29 is 4.39 Å². The van der Waals surface area contributed by atoms with Crippen molar-refractivity contribution in [3.63, 3.8) is 0 Å². The Morgan fingerprint density at radius 2 is 2.07 bits per heavy atom. The topological polar surface area (TPSA) is 67.1 Å². The van der Waals surface area contributed by atoms with Crippen molar-refractivity contribution in [3.8, 4) is 0 Å². The average Bonchev–Trinajstić information content (AvgIpc) is 3.16. The Bertz CT molecular complexity index is 716. The Kier molecular flexibility index (Phi) is 9.82. The van der Waals surface area contributed by atoms with E-state index in [0.29, 0.717) is 6.04 Å². The van der Waals surface area contributed by atoms with E-state index in [0.717, 1.165) is 61.3 Å². The molecule has 0 spiro atoms. The minimum atomic E-state index is -0.196. The second-order valence-corrected chi connectivity index (χ2v) is 7.73. The van der Waals surface area contributed by atoms with Crippen molar-refractivity contribution in [1.29, 1.82) is 0 Å². The molecule has 0 aliphatic carbocycles. The van der Waals surface area contributed by atoms with E-state index in [2.05, 4.69) is 46.2 Å². The quantitative estimate of drug-likeness (QED) is 0.259. The third-order valence-corrected chi connectivity index (χ3v) is 5.41. The largest absolute Gasteiger partial charge is 0.355 e. The van der Waals surface area contributed by atoms with Gasteiger partial charge in [-0.05, 0) is 49.8 Å². The molecular formula is C20H31FN6S. The number of thioether (sulfide) groups is 1. The number of guanidine groups is 1. The Hall–Kier alpha value is -2.09. The maximum Gasteiger partial charge on any atom is 0.191 e. The van der Waals surface area contributed by atoms with Gasteiger partial charge >= 0.3 is 0 Å². The SMILES string of the molecule is CCc1nncn1CCNC(=NCCCSc1ccc(F)cc1)NC(C)CC. The van der Waals surface area contributed by atoms with Gasteiger partial charge in [-0.15, -0.1) is 22.0 Å². The molecule has 8 heteroatoms. The van der Waals surface area contributed by atoms with Gasteiger partial charge in [-0.25, -0.2) is 4.39 Å². The Balaban J connectivity index is 1.77. The molecule has 6 nitrogen and oxygen atoms in total. The molecule has 1 aromatic heterocycles. The van der Waals surface area contributed by atoms with Gasteiger partial charge in [0.05, 0.1) is 0 Å². The molecule has 1 heterocycles. The van der Waals surface area contributed by atoms with Crippen LogP contribution in [-0.4, -0.2) is 45.6 Å². The van der Waals surface area contributed by atoms with Crippen molar-refractivity contribution in [2.24, 2.45) is 4.99 Å². The summed E-state index contributed by atoms with van der Waals surface area (Å²) in [5.74, 6) is 2.59. The molecule has 0 aliphatic heterocycles. The van der Waals surface area contributed by atoms with Crippen LogP contribution in [-0.2, 0) is 13.0 Å². The van der Waals surface area contributed by atoms with Crippen LogP contribution in [0.4, 0.5) is 4.39 Å². The minimum absolute atomic E-state index is 0.196. The molecule has 154 valence electrons. The second kappa shape index (κ2) is 12.4. The highest BCUT2D eigenvalue weighted by Gasteiger charge is 2.05. The van der Waals surface area contributed by atoms with Crippen LogP contribution in [0.5, 0.6) is 0 Å². The standard InChI is InChI=1S/C20H31FN6S/c1-4-16(3)25-20(23-12-13-27-15-24-26-19(27)5-2)22-11-6-14-28-18-9-7-17(21)8-10-18/h7-10,15-16H,4-6,11-14H2,1-3H3,(H2,22,23,25). The maximum atomic E-state index is 12.9. The van der Waals surface area contributed by atoms with E-state index in [9.17, 15) is 4.39 Å². The number of nitrogens with one attached hydrogen (secondary N) is 2. The third kappa shape index (κ3) is 7.88. The fourth-order valence-corrected chi connectivity index (χ4v) is 3.34. The Morgan fingerprint density at radius 1 is 1.29 bits per heavy atom. The summed E-state index contributed by atoms with van der Waals surface area (Å²) in [6.07, 6.45) is 4.64. The normalized spacial score (nSPS) is 12.8. The van der Waals surface area contributed by atoms with Crippen molar-refractivity contribution in [2.45, 2.75) is 57.5 Å². The smallest absolute Gasteiger partial charge is 0.191 e. The first kappa shape index (κ1) is 22.2. The molecule has 1 unspecified atom stereocenters. The predicted molar refractivity (Wildman–Crippen MR) is 114 cm³/mol. The Labute approximate surface area is 171 Å². The zero-order valence-electron chi connectivity index (χ0n) is 17.0. The number of benzene rings is 1. The fraction of sp³-hybridized carbons (Fsp3) is 0.550. The van der Waals surface area contributed by atoms with E-state index in [1.807, 2.05) is 12.1 Å². The van der Waals surface area contributed by atoms with Crippen molar-refractivity contribution >= 4 is 17.7 Å². The first-order valence-corrected chi connectivity index (χ1v) is 10.9. The molecule has 1 aromatic carbocycles. The summed E-state index contributed by atoms with van der Waals surface area (Å²) < 4.78 is 15.0. The van der Waals surface area contributed by atoms with E-state index in [1.165, 1.54) is 12.1 Å². The van der Waals surface area contributed by atoms with Crippen LogP contribution >= 0.6 is 11.8 Å². The number of aryl methyl sites for hydroxylation is 1. The number of hydrogen-bond acceptors (Lipinski definition) is 4. The van der Waals surface area contributed by atoms with Crippen molar-refractivity contribution in [2.75, 3.05) is 18.8 Å². The van der Waals surface area contributed by atoms with E-state index < -0.39 is 0 Å². The summed E-state index contributed by atoms with van der Waals surface area (Å²) in [7, 11) is 0. The van der Waals surface area contributed by atoms with Gasteiger partial charge in [-0.2, -0.15) is 0 Å². The van der Waals surface area contributed by atoms with E-state index in [-0.39, 0.29) is 5.82 Å². The average molecular weight is 407 g/mol. The highest BCUT2D eigenvalue weighted by molar-refractivity contribution is 7.99. The van der Waals surface area contributed by atoms with Crippen LogP contribution in [0.25, 0.3) is 0 Å². The number of nitrogens with zero attached hydrogens (tertiary/aromatic N) is 4. The Morgan fingerprint density at radius 3 is 2.79 bits per heavy atom. The molecule has 1 atom stereocenters. The van der Waals surface area contributed by atoms with E-state index in [4.69, 9.17) is 4.99 Å². The fourth-order valence-electron chi connectivity index (χ4n) is 2.50. The molecule has 2 rings (SSSR count). The molecule has 0 aliphatic rings. The summed E-state index contributed by atoms with van der Waals surface area (Å²) >= 11 is 1.73. The molecule has 0 saturated heterocycles. The van der Waals surface area contributed by atoms with Gasteiger partial charge in [-0.3, -0.25) is 4.99 Å². The van der Waals surface area contributed by atoms with Crippen molar-refractivity contribution in [3.05, 3.63) is 42.2 Å². The van der Waals surface area contributed by atoms with Crippen molar-refractivity contribution in [1.82, 2.24) is 25.4 Å². The molecule has 0 fully saturated rings. The van der Waals surface area contributed by atoms with Gasteiger partial charge in [0.1, 0.15) is 18.0 Å². The van der Waals surface area contributed by atoms with E-state index in [1.54, 1.807) is 18.1 Å². The summed E-state index contributed by atoms with van der Waals surface area (Å²) in [6.45, 7) is 8.69. The minimum Gasteiger partial charge on any atom is -0.355 e. The van der Waals surface area contributed by atoms with Gasteiger partial charge in [-0.1, -0.05) is 13.8 Å². The highest BCUT2D eigenvalue weighted by Crippen LogP contribution is 2.18. The number of hydrogen-bond donors (Lipinski definition) is 2. The lowest BCUT2D eigenvalue weighted by atomic mass is 10.3. The van der Waals surface area contributed by atoms with Crippen LogP contribution in [0.3, 0.4) is 0 Å². The number of aliphatic imine (C=N–C) groups is 1. The molecule has 2 aromatic rings. The van der Waals surface area contributed by atoms with Crippen LogP contribution in [0.15, 0.2) is 40.5 Å². The first-order chi connectivity index (χ1) is 13.6. The maximum absolute atomic E-state index is 12.9. The first-order valence-electron chi connectivity index (χ1n) is 9.92. The van der Waals surface area contributed by atoms with Gasteiger partial charge in [0.2, 0.25) is 0 Å². The van der Waals surface area contributed by atoms with Gasteiger partial charge in [0, 0.05) is 37.0 Å². The molecule has 2 N–H and O–H groups in total. The van der Waals surface area contributed by atoms with Crippen LogP contribution in [0.2, 0.25) is 0 Å². The van der Waals surface area contributed by atoms with Gasteiger partial charge in [0.25, 0.3) is 0 Å². The summed E-state index contributed by atoms with van der Waals surface area (Å²) in [4.78, 5) is 5.78. The van der Waals surface area contributed by atoms with Gasteiger partial charge < -0.3 is 15.2 Å². The predicted octanol–water partition coefficient (Wildman–Crippen LogP) is 3.50. The monoisotopic (exact) mass is 406 g/mol. The van der Waals surface area contributed by atoms with Crippen LogP contribution in [0, 0.1) is 5.82 Å². The van der Waals surface area contributed by atoms with E-state index >= 15 is 0 Å². The van der Waals surface area contributed by atoms with Crippen LogP contribution < -0.4 is 10.6 Å². The summed E-state index contributed by atoms with van der Waals surface area (Å²) in [5.41, 5.74) is 0. The second-order valence-electron chi connectivity index (χ2n) is 6.56. The summed E-state index contributed by atoms with van der Waals surface area (Å²) in [5, 5.41) is 14.9. The number of rotatable bonds is 11. The number of halogens is 1. The molecular weight excluding hydrogens is 375 g/mol. The van der Waals surface area contributed by atoms with Gasteiger partial charge in [0.15, 0.2) is 5.96 Å². The molecule has 28 heavy (non-hydrogen) atoms. The lowest BCUT2D eigenvalue weighted by molar-refractivity contribution is 0.599. The lowest BCUT2D eigenvalue weighted by Crippen LogP contribution is -2.43. The number of aromatic nitrogens is 3.